The van der Waals surface area contributed by atoms with Gasteiger partial charge in [0.05, 0.1) is 11.1 Å². The van der Waals surface area contributed by atoms with E-state index in [1.165, 1.54) is 0 Å². The van der Waals surface area contributed by atoms with Gasteiger partial charge in [0.25, 0.3) is 0 Å². The summed E-state index contributed by atoms with van der Waals surface area (Å²) < 4.78 is 8.88. The number of carbonyl (C=O) groups is 1. The predicted octanol–water partition coefficient (Wildman–Crippen LogP) is -0.330. The molecule has 1 aliphatic carbocycles. The van der Waals surface area contributed by atoms with Crippen LogP contribution in [-0.2, 0) is 14.8 Å². The molecule has 0 spiro atoms. The fourth-order valence-electron chi connectivity index (χ4n) is 1.40. The van der Waals surface area contributed by atoms with Crippen molar-refractivity contribution in [3.63, 3.8) is 0 Å². The van der Waals surface area contributed by atoms with E-state index in [9.17, 15) is 4.79 Å². The lowest BCUT2D eigenvalue weighted by atomic mass is 10.0. The molecule has 1 fully saturated rings. The molecule has 0 atom stereocenters. The number of primary amides is 1. The maximum absolute atomic E-state index is 11.1. The molecule has 1 aromatic rings. The molecule has 0 radical (unpaired) electrons. The van der Waals surface area contributed by atoms with E-state index in [0.29, 0.717) is 0 Å². The molecule has 7 nitrogen and oxygen atoms in total. The van der Waals surface area contributed by atoms with Gasteiger partial charge in [-0.1, -0.05) is 6.07 Å². The van der Waals surface area contributed by atoms with Crippen LogP contribution in [0.5, 0.6) is 0 Å². The van der Waals surface area contributed by atoms with Gasteiger partial charge in [-0.2, -0.15) is 0 Å². The molecule has 5 N–H and O–H groups in total. The molecule has 1 saturated carbocycles. The Hall–Kier alpha value is -1.27. The highest BCUT2D eigenvalue weighted by atomic mass is 31.2. The van der Waals surface area contributed by atoms with Gasteiger partial charge in [-0.25, -0.2) is 4.57 Å². The molecular formula is C9H13N2O5P. The number of rotatable bonds is 2. The third kappa shape index (κ3) is 4.24. The molecule has 8 heteroatoms. The molecule has 0 aliphatic heterocycles. The monoisotopic (exact) mass is 260 g/mol. The van der Waals surface area contributed by atoms with Crippen molar-refractivity contribution in [1.82, 2.24) is 4.98 Å². The molecule has 0 saturated heterocycles. The topological polar surface area (TPSA) is 134 Å². The van der Waals surface area contributed by atoms with Gasteiger partial charge in [0.15, 0.2) is 0 Å². The zero-order valence-electron chi connectivity index (χ0n) is 8.85. The van der Waals surface area contributed by atoms with E-state index in [0.717, 1.165) is 18.5 Å². The second kappa shape index (κ2) is 4.93. The quantitative estimate of drug-likeness (QED) is 0.538. The Morgan fingerprint density at radius 1 is 1.35 bits per heavy atom. The smallest absolute Gasteiger partial charge is 0.369 e. The number of pyridine rings is 1. The molecule has 0 bridgehead atoms. The molecule has 94 valence electrons. The highest BCUT2D eigenvalue weighted by Gasteiger charge is 2.51. The Kier molecular flexibility index (Phi) is 4.00. The summed E-state index contributed by atoms with van der Waals surface area (Å²) in [5, 5.41) is 0. The number of nitrogens with two attached hydrogens (primary N) is 1. The number of phosphoric acid groups is 1. The van der Waals surface area contributed by atoms with Crippen LogP contribution in [0.4, 0.5) is 0 Å². The van der Waals surface area contributed by atoms with E-state index in [4.69, 9.17) is 25.0 Å². The van der Waals surface area contributed by atoms with Crippen molar-refractivity contribution < 1.29 is 24.0 Å². The zero-order valence-corrected chi connectivity index (χ0v) is 9.75. The van der Waals surface area contributed by atoms with Gasteiger partial charge in [-0.05, 0) is 25.0 Å². The summed E-state index contributed by atoms with van der Waals surface area (Å²) in [7, 11) is -4.64. The van der Waals surface area contributed by atoms with Gasteiger partial charge in [0.1, 0.15) is 0 Å². The summed E-state index contributed by atoms with van der Waals surface area (Å²) in [6.07, 6.45) is 3.39. The summed E-state index contributed by atoms with van der Waals surface area (Å²) in [6.45, 7) is 0. The molecule has 2 rings (SSSR count). The Morgan fingerprint density at radius 2 is 1.88 bits per heavy atom. The van der Waals surface area contributed by atoms with Crippen LogP contribution in [0.3, 0.4) is 0 Å². The van der Waals surface area contributed by atoms with E-state index < -0.39 is 13.2 Å². The lowest BCUT2D eigenvalue weighted by molar-refractivity contribution is -0.120. The lowest BCUT2D eigenvalue weighted by Crippen LogP contribution is -2.29. The highest BCUT2D eigenvalue weighted by molar-refractivity contribution is 7.45. The molecule has 0 aromatic carbocycles. The summed E-state index contributed by atoms with van der Waals surface area (Å²) >= 11 is 0. The normalized spacial score (nSPS) is 16.6. The molecule has 17 heavy (non-hydrogen) atoms. The summed E-state index contributed by atoms with van der Waals surface area (Å²) in [5.41, 5.74) is 5.67. The third-order valence-corrected chi connectivity index (χ3v) is 2.38. The van der Waals surface area contributed by atoms with Crippen molar-refractivity contribution >= 4 is 13.7 Å². The first-order chi connectivity index (χ1) is 7.76. The van der Waals surface area contributed by atoms with Crippen molar-refractivity contribution in [2.75, 3.05) is 0 Å². The largest absolute Gasteiger partial charge is 0.466 e. The van der Waals surface area contributed by atoms with Crippen molar-refractivity contribution in [2.45, 2.75) is 18.3 Å². The van der Waals surface area contributed by atoms with Crippen LogP contribution in [0.25, 0.3) is 0 Å². The lowest BCUT2D eigenvalue weighted by Gasteiger charge is -2.08. The van der Waals surface area contributed by atoms with Gasteiger partial charge < -0.3 is 20.4 Å². The van der Waals surface area contributed by atoms with Crippen LogP contribution >= 0.6 is 7.82 Å². The van der Waals surface area contributed by atoms with Crippen LogP contribution in [0.1, 0.15) is 18.5 Å². The number of hydrogen-bond donors (Lipinski definition) is 4. The van der Waals surface area contributed by atoms with E-state index in [1.807, 2.05) is 18.2 Å². The minimum Gasteiger partial charge on any atom is -0.369 e. The molecular weight excluding hydrogens is 247 g/mol. The van der Waals surface area contributed by atoms with E-state index in [2.05, 4.69) is 4.98 Å². The first-order valence-corrected chi connectivity index (χ1v) is 6.32. The molecule has 0 unspecified atom stereocenters. The Balaban J connectivity index is 0.000000249. The van der Waals surface area contributed by atoms with Crippen molar-refractivity contribution in [3.8, 4) is 0 Å². The van der Waals surface area contributed by atoms with Crippen LogP contribution in [0, 0.1) is 0 Å². The number of nitrogens with zero attached hydrogens (tertiary/aromatic N) is 1. The van der Waals surface area contributed by atoms with E-state index in [1.54, 1.807) is 6.20 Å². The van der Waals surface area contributed by atoms with Gasteiger partial charge in [-0.3, -0.25) is 9.78 Å². The number of carbonyl (C=O) groups excluding carboxylic acids is 1. The molecule has 1 aliphatic rings. The second-order valence-corrected chi connectivity index (χ2v) is 4.70. The number of amides is 1. The number of aromatic nitrogens is 1. The SMILES string of the molecule is NC(=O)C1(c2ccccn2)CC1.O=P(O)(O)O. The molecule has 1 aromatic heterocycles. The maximum atomic E-state index is 11.1. The summed E-state index contributed by atoms with van der Waals surface area (Å²) in [4.78, 5) is 36.8. The maximum Gasteiger partial charge on any atom is 0.466 e. The average Bonchev–Trinajstić information content (AvgIpc) is 2.97. The standard InChI is InChI=1S/C9H10N2O.H3O4P/c10-8(12)9(4-5-9)7-3-1-2-6-11-7;1-5(2,3)4/h1-3,6H,4-5H2,(H2,10,12);(H3,1,2,3,4). The molecule has 1 heterocycles. The summed E-state index contributed by atoms with van der Waals surface area (Å²) in [6, 6.07) is 5.57. The Morgan fingerprint density at radius 3 is 2.18 bits per heavy atom. The zero-order chi connectivity index (χ0) is 13.1. The average molecular weight is 260 g/mol. The second-order valence-electron chi connectivity index (χ2n) is 3.67. The van der Waals surface area contributed by atoms with E-state index in [-0.39, 0.29) is 5.91 Å². The van der Waals surface area contributed by atoms with Crippen molar-refractivity contribution in [1.29, 1.82) is 0 Å². The minimum atomic E-state index is -4.64. The Labute approximate surface area is 97.5 Å². The first kappa shape index (κ1) is 13.8. The molecule has 1 amide bonds. The highest BCUT2D eigenvalue weighted by Crippen LogP contribution is 2.46. The number of hydrogen-bond acceptors (Lipinski definition) is 3. The van der Waals surface area contributed by atoms with Gasteiger partial charge in [-0.15, -0.1) is 0 Å². The fourth-order valence-corrected chi connectivity index (χ4v) is 1.40. The van der Waals surface area contributed by atoms with Crippen LogP contribution in [-0.4, -0.2) is 25.6 Å². The first-order valence-electron chi connectivity index (χ1n) is 4.75. The fraction of sp³-hybridized carbons (Fsp3) is 0.333. The van der Waals surface area contributed by atoms with Crippen LogP contribution < -0.4 is 5.73 Å². The third-order valence-electron chi connectivity index (χ3n) is 2.38. The van der Waals surface area contributed by atoms with Crippen LogP contribution in [0.15, 0.2) is 24.4 Å². The summed E-state index contributed by atoms with van der Waals surface area (Å²) in [5.74, 6) is -0.249. The van der Waals surface area contributed by atoms with Crippen molar-refractivity contribution in [2.24, 2.45) is 5.73 Å². The van der Waals surface area contributed by atoms with E-state index >= 15 is 0 Å². The van der Waals surface area contributed by atoms with Gasteiger partial charge in [0.2, 0.25) is 5.91 Å². The predicted molar refractivity (Wildman–Crippen MR) is 58.6 cm³/mol. The van der Waals surface area contributed by atoms with Crippen molar-refractivity contribution in [3.05, 3.63) is 30.1 Å². The van der Waals surface area contributed by atoms with Gasteiger partial charge >= 0.3 is 7.82 Å². The minimum absolute atomic E-state index is 0.249. The Bertz CT molecular complexity index is 432. The van der Waals surface area contributed by atoms with Gasteiger partial charge in [0, 0.05) is 6.20 Å². The van der Waals surface area contributed by atoms with Crippen LogP contribution in [0.2, 0.25) is 0 Å².